The first-order chi connectivity index (χ1) is 8.69. The van der Waals surface area contributed by atoms with Crippen LogP contribution in [-0.2, 0) is 22.5 Å². The molecule has 0 amide bonds. The number of methoxy groups -OCH3 is 1. The number of benzene rings is 1. The molecular weight excluding hydrogens is 228 g/mol. The average molecular weight is 244 g/mol. The van der Waals surface area contributed by atoms with Crippen LogP contribution < -0.4 is 0 Å². The Morgan fingerprint density at radius 3 is 2.83 bits per heavy atom. The minimum atomic E-state index is -0.217. The number of ether oxygens (including phenoxy) is 1. The number of hydrogen-bond donors (Lipinski definition) is 0. The highest BCUT2D eigenvalue weighted by atomic mass is 16.5. The van der Waals surface area contributed by atoms with Crippen molar-refractivity contribution in [3.05, 3.63) is 53.6 Å². The third kappa shape index (κ3) is 2.97. The van der Waals surface area contributed by atoms with Crippen molar-refractivity contribution in [2.75, 3.05) is 7.11 Å². The molecule has 0 bridgehead atoms. The second-order valence-corrected chi connectivity index (χ2v) is 4.18. The highest BCUT2D eigenvalue weighted by molar-refractivity contribution is 5.72. The molecule has 0 N–H and O–H groups in total. The largest absolute Gasteiger partial charge is 0.469 e. The first-order valence-electron chi connectivity index (χ1n) is 5.81. The van der Waals surface area contributed by atoms with E-state index in [0.717, 1.165) is 23.5 Å². The third-order valence-corrected chi connectivity index (χ3v) is 2.84. The van der Waals surface area contributed by atoms with Crippen LogP contribution in [0.25, 0.3) is 0 Å². The normalized spacial score (nSPS) is 10.3. The van der Waals surface area contributed by atoms with Crippen molar-refractivity contribution in [1.29, 1.82) is 0 Å². The monoisotopic (exact) mass is 244 g/mol. The van der Waals surface area contributed by atoms with Crippen LogP contribution in [-0.4, -0.2) is 22.6 Å². The summed E-state index contributed by atoms with van der Waals surface area (Å²) in [6.07, 6.45) is 4.04. The molecular formula is C14H16N2O2. The van der Waals surface area contributed by atoms with Gasteiger partial charge in [0.2, 0.25) is 0 Å². The summed E-state index contributed by atoms with van der Waals surface area (Å²) < 4.78 is 6.73. The van der Waals surface area contributed by atoms with Crippen molar-refractivity contribution >= 4 is 5.97 Å². The van der Waals surface area contributed by atoms with Crippen molar-refractivity contribution in [1.82, 2.24) is 9.55 Å². The molecule has 1 heterocycles. The summed E-state index contributed by atoms with van der Waals surface area (Å²) in [6, 6.07) is 7.96. The maximum atomic E-state index is 11.2. The van der Waals surface area contributed by atoms with Crippen molar-refractivity contribution in [3.63, 3.8) is 0 Å². The number of carbonyl (C=O) groups is 1. The molecule has 0 saturated carbocycles. The molecule has 4 nitrogen and oxygen atoms in total. The fourth-order valence-electron chi connectivity index (χ4n) is 1.84. The van der Waals surface area contributed by atoms with Gasteiger partial charge in [0.15, 0.2) is 0 Å². The number of hydrogen-bond acceptors (Lipinski definition) is 3. The summed E-state index contributed by atoms with van der Waals surface area (Å²) in [5, 5.41) is 0. The Morgan fingerprint density at radius 2 is 2.17 bits per heavy atom. The fraction of sp³-hybridized carbons (Fsp3) is 0.286. The molecule has 0 aliphatic rings. The van der Waals surface area contributed by atoms with Gasteiger partial charge in [-0.2, -0.15) is 0 Å². The molecule has 4 heteroatoms. The van der Waals surface area contributed by atoms with Gasteiger partial charge in [0.1, 0.15) is 5.82 Å². The molecule has 0 spiro atoms. The van der Waals surface area contributed by atoms with Crippen LogP contribution in [0.15, 0.2) is 36.7 Å². The number of carbonyl (C=O) groups excluding carboxylic acids is 1. The highest BCUT2D eigenvalue weighted by Crippen LogP contribution is 2.09. The molecule has 18 heavy (non-hydrogen) atoms. The van der Waals surface area contributed by atoms with E-state index >= 15 is 0 Å². The Balaban J connectivity index is 2.12. The predicted octanol–water partition coefficient (Wildman–Crippen LogP) is 1.96. The maximum Gasteiger partial charge on any atom is 0.309 e. The van der Waals surface area contributed by atoms with Gasteiger partial charge >= 0.3 is 5.97 Å². The summed E-state index contributed by atoms with van der Waals surface area (Å²) in [6.45, 7) is 2.74. The van der Waals surface area contributed by atoms with Gasteiger partial charge in [0.25, 0.3) is 0 Å². The zero-order valence-electron chi connectivity index (χ0n) is 10.6. The second-order valence-electron chi connectivity index (χ2n) is 4.18. The van der Waals surface area contributed by atoms with Crippen LogP contribution in [0, 0.1) is 6.92 Å². The molecule has 0 aliphatic heterocycles. The van der Waals surface area contributed by atoms with E-state index in [9.17, 15) is 4.79 Å². The quantitative estimate of drug-likeness (QED) is 0.772. The SMILES string of the molecule is COC(=O)Cc1cccc(Cn2ccnc2C)c1. The predicted molar refractivity (Wildman–Crippen MR) is 68.2 cm³/mol. The van der Waals surface area contributed by atoms with Gasteiger partial charge in [0.05, 0.1) is 13.5 Å². The van der Waals surface area contributed by atoms with Crippen LogP contribution in [0.4, 0.5) is 0 Å². The molecule has 0 saturated heterocycles. The van der Waals surface area contributed by atoms with E-state index < -0.39 is 0 Å². The smallest absolute Gasteiger partial charge is 0.309 e. The molecule has 0 fully saturated rings. The Kier molecular flexibility index (Phi) is 3.77. The minimum absolute atomic E-state index is 0.217. The highest BCUT2D eigenvalue weighted by Gasteiger charge is 2.04. The van der Waals surface area contributed by atoms with E-state index in [2.05, 4.69) is 14.3 Å². The number of nitrogens with zero attached hydrogens (tertiary/aromatic N) is 2. The van der Waals surface area contributed by atoms with Gasteiger partial charge in [-0.1, -0.05) is 24.3 Å². The first-order valence-corrected chi connectivity index (χ1v) is 5.81. The van der Waals surface area contributed by atoms with Crippen molar-refractivity contribution < 1.29 is 9.53 Å². The molecule has 0 radical (unpaired) electrons. The van der Waals surface area contributed by atoms with Crippen LogP contribution in [0.1, 0.15) is 17.0 Å². The van der Waals surface area contributed by atoms with Crippen LogP contribution in [0.2, 0.25) is 0 Å². The summed E-state index contributed by atoms with van der Waals surface area (Å²) in [5.74, 6) is 0.763. The Bertz CT molecular complexity index is 546. The second kappa shape index (κ2) is 5.49. The Morgan fingerprint density at radius 1 is 1.39 bits per heavy atom. The van der Waals surface area contributed by atoms with Gasteiger partial charge in [-0.3, -0.25) is 4.79 Å². The van der Waals surface area contributed by atoms with Crippen molar-refractivity contribution in [2.24, 2.45) is 0 Å². The molecule has 1 aromatic carbocycles. The fourth-order valence-corrected chi connectivity index (χ4v) is 1.84. The zero-order valence-corrected chi connectivity index (χ0v) is 10.6. The van der Waals surface area contributed by atoms with Gasteiger partial charge in [-0.15, -0.1) is 0 Å². The van der Waals surface area contributed by atoms with Gasteiger partial charge in [-0.05, 0) is 18.1 Å². The summed E-state index contributed by atoms with van der Waals surface area (Å²) in [4.78, 5) is 15.4. The summed E-state index contributed by atoms with van der Waals surface area (Å²) in [7, 11) is 1.40. The number of aryl methyl sites for hydroxylation is 1. The maximum absolute atomic E-state index is 11.2. The van der Waals surface area contributed by atoms with Crippen molar-refractivity contribution in [2.45, 2.75) is 19.9 Å². The van der Waals surface area contributed by atoms with E-state index in [-0.39, 0.29) is 5.97 Å². The zero-order chi connectivity index (χ0) is 13.0. The third-order valence-electron chi connectivity index (χ3n) is 2.84. The van der Waals surface area contributed by atoms with Crippen LogP contribution >= 0.6 is 0 Å². The van der Waals surface area contributed by atoms with E-state index in [1.807, 2.05) is 37.4 Å². The Hall–Kier alpha value is -2.10. The topological polar surface area (TPSA) is 44.1 Å². The number of esters is 1. The molecule has 1 aromatic heterocycles. The van der Waals surface area contributed by atoms with E-state index in [1.165, 1.54) is 7.11 Å². The molecule has 0 aliphatic carbocycles. The van der Waals surface area contributed by atoms with Gasteiger partial charge < -0.3 is 9.30 Å². The lowest BCUT2D eigenvalue weighted by atomic mass is 10.1. The van der Waals surface area contributed by atoms with Crippen molar-refractivity contribution in [3.8, 4) is 0 Å². The molecule has 94 valence electrons. The lowest BCUT2D eigenvalue weighted by Crippen LogP contribution is -2.06. The average Bonchev–Trinajstić information content (AvgIpc) is 2.75. The lowest BCUT2D eigenvalue weighted by molar-refractivity contribution is -0.139. The first kappa shape index (κ1) is 12.4. The summed E-state index contributed by atoms with van der Waals surface area (Å²) in [5.41, 5.74) is 2.12. The van der Waals surface area contributed by atoms with Crippen LogP contribution in [0.3, 0.4) is 0 Å². The van der Waals surface area contributed by atoms with Gasteiger partial charge in [-0.25, -0.2) is 4.98 Å². The lowest BCUT2D eigenvalue weighted by Gasteiger charge is -2.07. The van der Waals surface area contributed by atoms with E-state index in [4.69, 9.17) is 0 Å². The van der Waals surface area contributed by atoms with E-state index in [1.54, 1.807) is 6.20 Å². The van der Waals surface area contributed by atoms with Crippen LogP contribution in [0.5, 0.6) is 0 Å². The van der Waals surface area contributed by atoms with E-state index in [0.29, 0.717) is 6.42 Å². The van der Waals surface area contributed by atoms with Gasteiger partial charge in [0, 0.05) is 18.9 Å². The molecule has 0 unspecified atom stereocenters. The minimum Gasteiger partial charge on any atom is -0.469 e. The molecule has 2 rings (SSSR count). The molecule has 2 aromatic rings. The number of rotatable bonds is 4. The summed E-state index contributed by atoms with van der Waals surface area (Å²) >= 11 is 0. The number of imidazole rings is 1. The Labute approximate surface area is 106 Å². The standard InChI is InChI=1S/C14H16N2O2/c1-11-15-6-7-16(11)10-13-5-3-4-12(8-13)9-14(17)18-2/h3-8H,9-10H2,1-2H3. The molecule has 0 atom stereocenters. The number of aromatic nitrogens is 2.